The Bertz CT molecular complexity index is 572. The van der Waals surface area contributed by atoms with Gasteiger partial charge in [-0.15, -0.1) is 0 Å². The van der Waals surface area contributed by atoms with Gasteiger partial charge in [0.15, 0.2) is 0 Å². The van der Waals surface area contributed by atoms with Crippen molar-refractivity contribution in [2.24, 2.45) is 0 Å². The summed E-state index contributed by atoms with van der Waals surface area (Å²) in [6, 6.07) is 1.26. The Hall–Kier alpha value is -1.34. The summed E-state index contributed by atoms with van der Waals surface area (Å²) in [6.45, 7) is 7.13. The van der Waals surface area contributed by atoms with Crippen LogP contribution in [0, 0.1) is 0 Å². The van der Waals surface area contributed by atoms with E-state index < -0.39 is 16.0 Å². The number of sulfonamides is 1. The summed E-state index contributed by atoms with van der Waals surface area (Å²) >= 11 is 0. The molecule has 0 atom stereocenters. The molecule has 1 N–H and O–H groups in total. The van der Waals surface area contributed by atoms with Crippen LogP contribution in [0.2, 0.25) is 0 Å². The van der Waals surface area contributed by atoms with Crippen LogP contribution in [0.4, 0.5) is 0 Å². The van der Waals surface area contributed by atoms with Gasteiger partial charge in [0, 0.05) is 25.8 Å². The van der Waals surface area contributed by atoms with Crippen molar-refractivity contribution in [1.29, 1.82) is 0 Å². The number of aromatic carboxylic acids is 1. The maximum Gasteiger partial charge on any atom is 0.352 e. The first-order valence-corrected chi connectivity index (χ1v) is 8.76. The van der Waals surface area contributed by atoms with E-state index >= 15 is 0 Å². The average Bonchev–Trinajstić information content (AvgIpc) is 2.84. The second kappa shape index (κ2) is 7.61. The minimum atomic E-state index is -3.63. The van der Waals surface area contributed by atoms with Gasteiger partial charge in [0.05, 0.1) is 0 Å². The first kappa shape index (κ1) is 17.7. The van der Waals surface area contributed by atoms with Crippen LogP contribution in [-0.4, -0.2) is 41.5 Å². The van der Waals surface area contributed by atoms with Gasteiger partial charge in [0.2, 0.25) is 10.0 Å². The predicted octanol–water partition coefficient (Wildman–Crippen LogP) is 2.41. The molecule has 1 aromatic rings. The number of hydrogen-bond acceptors (Lipinski definition) is 3. The van der Waals surface area contributed by atoms with Crippen molar-refractivity contribution in [2.45, 2.75) is 51.5 Å². The summed E-state index contributed by atoms with van der Waals surface area (Å²) in [5.74, 6) is -1.11. The third kappa shape index (κ3) is 4.07. The van der Waals surface area contributed by atoms with Gasteiger partial charge >= 0.3 is 5.97 Å². The van der Waals surface area contributed by atoms with Gasteiger partial charge in [-0.05, 0) is 25.3 Å². The molecule has 120 valence electrons. The molecule has 0 spiro atoms. The molecule has 0 aromatic carbocycles. The van der Waals surface area contributed by atoms with Crippen LogP contribution in [0.3, 0.4) is 0 Å². The van der Waals surface area contributed by atoms with Gasteiger partial charge < -0.3 is 9.67 Å². The van der Waals surface area contributed by atoms with E-state index in [-0.39, 0.29) is 10.6 Å². The predicted molar refractivity (Wildman–Crippen MR) is 81.0 cm³/mol. The topological polar surface area (TPSA) is 79.6 Å². The van der Waals surface area contributed by atoms with E-state index in [4.69, 9.17) is 0 Å². The minimum Gasteiger partial charge on any atom is -0.477 e. The lowest BCUT2D eigenvalue weighted by Gasteiger charge is -2.20. The highest BCUT2D eigenvalue weighted by molar-refractivity contribution is 7.89. The molecule has 0 saturated carbocycles. The molecule has 0 aliphatic carbocycles. The fraction of sp³-hybridized carbons (Fsp3) is 0.643. The molecule has 0 radical (unpaired) electrons. The molecule has 21 heavy (non-hydrogen) atoms. The summed E-state index contributed by atoms with van der Waals surface area (Å²) in [6.07, 6.45) is 3.62. The van der Waals surface area contributed by atoms with Crippen LogP contribution < -0.4 is 0 Å². The Labute approximate surface area is 126 Å². The SMILES string of the molecule is CCCN(CCC)S(=O)(=O)c1cc(C(=O)O)n(CCC)c1. The monoisotopic (exact) mass is 316 g/mol. The first-order valence-electron chi connectivity index (χ1n) is 7.32. The Morgan fingerprint density at radius 1 is 1.19 bits per heavy atom. The summed E-state index contributed by atoms with van der Waals surface area (Å²) in [4.78, 5) is 11.3. The van der Waals surface area contributed by atoms with E-state index in [0.29, 0.717) is 19.6 Å². The third-order valence-corrected chi connectivity index (χ3v) is 5.00. The summed E-state index contributed by atoms with van der Waals surface area (Å²) in [5.41, 5.74) is 0.0170. The number of aryl methyl sites for hydroxylation is 1. The molecule has 0 bridgehead atoms. The van der Waals surface area contributed by atoms with Crippen molar-refractivity contribution in [2.75, 3.05) is 13.1 Å². The molecule has 0 aliphatic heterocycles. The lowest BCUT2D eigenvalue weighted by atomic mass is 10.4. The normalized spacial score (nSPS) is 12.0. The van der Waals surface area contributed by atoms with Crippen LogP contribution in [-0.2, 0) is 16.6 Å². The van der Waals surface area contributed by atoms with E-state index in [0.717, 1.165) is 19.3 Å². The molecular formula is C14H24N2O4S. The lowest BCUT2D eigenvalue weighted by molar-refractivity contribution is 0.0685. The molecule has 0 fully saturated rings. The van der Waals surface area contributed by atoms with Crippen molar-refractivity contribution in [3.05, 3.63) is 18.0 Å². The van der Waals surface area contributed by atoms with E-state index in [2.05, 4.69) is 0 Å². The Morgan fingerprint density at radius 2 is 1.76 bits per heavy atom. The summed E-state index contributed by atoms with van der Waals surface area (Å²) in [5, 5.41) is 9.19. The Kier molecular flexibility index (Phi) is 6.42. The van der Waals surface area contributed by atoms with Crippen molar-refractivity contribution in [1.82, 2.24) is 8.87 Å². The average molecular weight is 316 g/mol. The maximum atomic E-state index is 12.6. The number of carboxylic acid groups (broad SMARTS) is 1. The molecule has 1 heterocycles. The fourth-order valence-corrected chi connectivity index (χ4v) is 3.89. The van der Waals surface area contributed by atoms with Crippen LogP contribution in [0.15, 0.2) is 17.2 Å². The van der Waals surface area contributed by atoms with Crippen molar-refractivity contribution >= 4 is 16.0 Å². The minimum absolute atomic E-state index is 0.0170. The summed E-state index contributed by atoms with van der Waals surface area (Å²) < 4.78 is 28.2. The van der Waals surface area contributed by atoms with Crippen LogP contribution >= 0.6 is 0 Å². The first-order chi connectivity index (χ1) is 9.88. The smallest absolute Gasteiger partial charge is 0.352 e. The number of nitrogens with zero attached hydrogens (tertiary/aromatic N) is 2. The number of rotatable bonds is 9. The van der Waals surface area contributed by atoms with Gasteiger partial charge in [-0.3, -0.25) is 0 Å². The van der Waals surface area contributed by atoms with E-state index in [1.807, 2.05) is 20.8 Å². The highest BCUT2D eigenvalue weighted by Crippen LogP contribution is 2.20. The van der Waals surface area contributed by atoms with E-state index in [9.17, 15) is 18.3 Å². The van der Waals surface area contributed by atoms with Crippen LogP contribution in [0.1, 0.15) is 50.5 Å². The van der Waals surface area contributed by atoms with E-state index in [1.165, 1.54) is 21.1 Å². The number of carboxylic acids is 1. The molecule has 0 saturated heterocycles. The second-order valence-electron chi connectivity index (χ2n) is 4.96. The third-order valence-electron chi connectivity index (χ3n) is 3.14. The zero-order valence-corrected chi connectivity index (χ0v) is 13.7. The molecule has 0 unspecified atom stereocenters. The molecule has 0 aliphatic rings. The molecule has 0 amide bonds. The van der Waals surface area contributed by atoms with Crippen molar-refractivity contribution in [3.63, 3.8) is 0 Å². The number of carbonyl (C=O) groups is 1. The quantitative estimate of drug-likeness (QED) is 0.758. The highest BCUT2D eigenvalue weighted by Gasteiger charge is 2.26. The largest absolute Gasteiger partial charge is 0.477 e. The maximum absolute atomic E-state index is 12.6. The van der Waals surface area contributed by atoms with Crippen LogP contribution in [0.5, 0.6) is 0 Å². The van der Waals surface area contributed by atoms with Gasteiger partial charge in [-0.25, -0.2) is 13.2 Å². The van der Waals surface area contributed by atoms with E-state index in [1.54, 1.807) is 0 Å². The van der Waals surface area contributed by atoms with Crippen molar-refractivity contribution in [3.8, 4) is 0 Å². The Morgan fingerprint density at radius 3 is 2.19 bits per heavy atom. The zero-order valence-electron chi connectivity index (χ0n) is 12.9. The molecular weight excluding hydrogens is 292 g/mol. The highest BCUT2D eigenvalue weighted by atomic mass is 32.2. The van der Waals surface area contributed by atoms with Gasteiger partial charge in [-0.2, -0.15) is 4.31 Å². The van der Waals surface area contributed by atoms with Gasteiger partial charge in [0.25, 0.3) is 0 Å². The molecule has 1 aromatic heterocycles. The number of hydrogen-bond donors (Lipinski definition) is 1. The lowest BCUT2D eigenvalue weighted by Crippen LogP contribution is -2.32. The zero-order chi connectivity index (χ0) is 16.0. The standard InChI is InChI=1S/C14H24N2O4S/c1-4-7-15-11-12(10-13(15)14(17)18)21(19,20)16(8-5-2)9-6-3/h10-11H,4-9H2,1-3H3,(H,17,18). The number of aromatic nitrogens is 1. The molecule has 7 heteroatoms. The molecule has 1 rings (SSSR count). The van der Waals surface area contributed by atoms with Gasteiger partial charge in [0.1, 0.15) is 10.6 Å². The van der Waals surface area contributed by atoms with Crippen LogP contribution in [0.25, 0.3) is 0 Å². The fourth-order valence-electron chi connectivity index (χ4n) is 2.23. The summed E-state index contributed by atoms with van der Waals surface area (Å²) in [7, 11) is -3.63. The Balaban J connectivity index is 3.23. The van der Waals surface area contributed by atoms with Gasteiger partial charge in [-0.1, -0.05) is 20.8 Å². The second-order valence-corrected chi connectivity index (χ2v) is 6.90. The molecule has 6 nitrogen and oxygen atoms in total. The van der Waals surface area contributed by atoms with Crippen molar-refractivity contribution < 1.29 is 18.3 Å².